The maximum absolute atomic E-state index is 13.2. The Morgan fingerprint density at radius 3 is 2.25 bits per heavy atom. The van der Waals surface area contributed by atoms with Gasteiger partial charge in [0.25, 0.3) is 5.91 Å². The van der Waals surface area contributed by atoms with Gasteiger partial charge in [-0.25, -0.2) is 4.39 Å². The van der Waals surface area contributed by atoms with Crippen molar-refractivity contribution in [3.05, 3.63) is 103 Å². The van der Waals surface area contributed by atoms with E-state index in [0.29, 0.717) is 66.1 Å². The molecule has 1 N–H and O–H groups in total. The first-order valence-electron chi connectivity index (χ1n) is 14.2. The van der Waals surface area contributed by atoms with Crippen LogP contribution in [0.4, 0.5) is 4.39 Å². The van der Waals surface area contributed by atoms with E-state index in [4.69, 9.17) is 18.6 Å². The van der Waals surface area contributed by atoms with Gasteiger partial charge in [-0.05, 0) is 78.9 Å². The number of ether oxygens (including phenoxy) is 3. The zero-order chi connectivity index (χ0) is 30.3. The van der Waals surface area contributed by atoms with Crippen molar-refractivity contribution in [2.45, 2.75) is 32.2 Å². The highest BCUT2D eigenvalue weighted by Crippen LogP contribution is 2.46. The number of benzene rings is 4. The molecular formula is C34H28FN3O6. The van der Waals surface area contributed by atoms with E-state index in [2.05, 4.69) is 15.5 Å². The van der Waals surface area contributed by atoms with Gasteiger partial charge in [0, 0.05) is 18.1 Å². The lowest BCUT2D eigenvalue weighted by Gasteiger charge is -2.21. The number of hydrogen-bond donors (Lipinski definition) is 1. The van der Waals surface area contributed by atoms with E-state index in [-0.39, 0.29) is 24.7 Å². The number of carbonyl (C=O) groups is 2. The van der Waals surface area contributed by atoms with Crippen LogP contribution in [-0.4, -0.2) is 28.5 Å². The summed E-state index contributed by atoms with van der Waals surface area (Å²) in [6, 6.07) is 26.8. The van der Waals surface area contributed by atoms with Crippen molar-refractivity contribution in [1.82, 2.24) is 15.5 Å². The monoisotopic (exact) mass is 593 g/mol. The van der Waals surface area contributed by atoms with Crippen LogP contribution in [0, 0.1) is 5.82 Å². The Morgan fingerprint density at radius 1 is 0.727 bits per heavy atom. The molecule has 10 heteroatoms. The summed E-state index contributed by atoms with van der Waals surface area (Å²) >= 11 is 0. The third kappa shape index (κ3) is 6.92. The fourth-order valence-corrected chi connectivity index (χ4v) is 4.63. The van der Waals surface area contributed by atoms with Crippen LogP contribution >= 0.6 is 0 Å². The Labute approximate surface area is 252 Å². The van der Waals surface area contributed by atoms with Gasteiger partial charge < -0.3 is 23.9 Å². The van der Waals surface area contributed by atoms with Crippen molar-refractivity contribution in [1.29, 1.82) is 0 Å². The van der Waals surface area contributed by atoms with Crippen molar-refractivity contribution >= 4 is 11.7 Å². The van der Waals surface area contributed by atoms with Crippen molar-refractivity contribution in [3.8, 4) is 51.3 Å². The number of nitrogens with one attached hydrogen (secondary N) is 1. The van der Waals surface area contributed by atoms with Gasteiger partial charge in [-0.2, -0.15) is 0 Å². The van der Waals surface area contributed by atoms with Crippen LogP contribution in [0.3, 0.4) is 0 Å². The molecule has 1 aliphatic rings. The third-order valence-electron chi connectivity index (χ3n) is 6.93. The van der Waals surface area contributed by atoms with Crippen molar-refractivity contribution in [2.24, 2.45) is 0 Å². The highest BCUT2D eigenvalue weighted by atomic mass is 19.1. The number of para-hydroxylation sites is 2. The first-order chi connectivity index (χ1) is 21.5. The molecule has 0 saturated heterocycles. The fraction of sp³-hybridized carbons (Fsp3) is 0.176. The fourth-order valence-electron chi connectivity index (χ4n) is 4.63. The van der Waals surface area contributed by atoms with Crippen LogP contribution < -0.4 is 19.5 Å². The molecular weight excluding hydrogens is 565 g/mol. The minimum absolute atomic E-state index is 0.0581. The molecule has 0 aliphatic carbocycles. The van der Waals surface area contributed by atoms with E-state index in [0.717, 1.165) is 11.1 Å². The van der Waals surface area contributed by atoms with Gasteiger partial charge in [-0.3, -0.25) is 9.59 Å². The molecule has 2 heterocycles. The number of aromatic nitrogens is 2. The number of halogens is 1. The first-order valence-corrected chi connectivity index (χ1v) is 14.2. The minimum atomic E-state index is -0.701. The number of nitrogens with zero attached hydrogens (tertiary/aromatic N) is 2. The molecule has 6 rings (SSSR count). The molecule has 0 atom stereocenters. The highest BCUT2D eigenvalue weighted by molar-refractivity contribution is 6.36. The van der Waals surface area contributed by atoms with Crippen LogP contribution in [0.25, 0.3) is 22.6 Å². The standard InChI is InChI=1S/C34H28FN3O6/c35-25-7-6-8-26(20-25)41-18-5-1-2-9-27(39)33(40)36-21-32-37-38-34(44-32)23-14-12-22(13-15-23)24-16-17-30-31(19-24)43-29-11-4-3-10-28(29)42-30/h3-4,6-8,10-17,19-20H,1-2,5,9,18,21H2,(H,36,40). The zero-order valence-corrected chi connectivity index (χ0v) is 23.6. The minimum Gasteiger partial charge on any atom is -0.493 e. The Bertz CT molecular complexity index is 1790. The number of hydrogen-bond acceptors (Lipinski definition) is 8. The smallest absolute Gasteiger partial charge is 0.287 e. The number of amides is 1. The first kappa shape index (κ1) is 28.6. The highest BCUT2D eigenvalue weighted by Gasteiger charge is 2.19. The van der Waals surface area contributed by atoms with Crippen molar-refractivity contribution < 1.29 is 32.6 Å². The van der Waals surface area contributed by atoms with Crippen LogP contribution in [0.2, 0.25) is 0 Å². The van der Waals surface area contributed by atoms with Crippen LogP contribution in [0.1, 0.15) is 31.6 Å². The molecule has 1 amide bonds. The Balaban J connectivity index is 0.950. The maximum atomic E-state index is 13.2. The summed E-state index contributed by atoms with van der Waals surface area (Å²) in [5, 5.41) is 10.6. The summed E-state index contributed by atoms with van der Waals surface area (Å²) in [6.45, 7) is 0.345. The topological polar surface area (TPSA) is 113 Å². The Morgan fingerprint density at radius 2 is 1.45 bits per heavy atom. The molecule has 5 aromatic rings. The number of Topliss-reactive ketones (excluding diaryl/α,β-unsaturated/α-hetero) is 1. The van der Waals surface area contributed by atoms with Gasteiger partial charge >= 0.3 is 0 Å². The second-order valence-electron chi connectivity index (χ2n) is 10.1. The molecule has 1 aromatic heterocycles. The predicted octanol–water partition coefficient (Wildman–Crippen LogP) is 7.27. The number of fused-ring (bicyclic) bond motifs is 2. The maximum Gasteiger partial charge on any atom is 0.287 e. The largest absolute Gasteiger partial charge is 0.493 e. The van der Waals surface area contributed by atoms with E-state index in [9.17, 15) is 14.0 Å². The van der Waals surface area contributed by atoms with Gasteiger partial charge in [-0.15, -0.1) is 10.2 Å². The van der Waals surface area contributed by atoms with Crippen LogP contribution in [-0.2, 0) is 16.1 Å². The third-order valence-corrected chi connectivity index (χ3v) is 6.93. The normalized spacial score (nSPS) is 11.5. The molecule has 4 aromatic carbocycles. The molecule has 0 bridgehead atoms. The van der Waals surface area contributed by atoms with E-state index >= 15 is 0 Å². The Kier molecular flexibility index (Phi) is 8.58. The van der Waals surface area contributed by atoms with Crippen molar-refractivity contribution in [2.75, 3.05) is 6.61 Å². The summed E-state index contributed by atoms with van der Waals surface area (Å²) in [5.74, 6) is 2.01. The quantitative estimate of drug-likeness (QED) is 0.116. The van der Waals surface area contributed by atoms with Gasteiger partial charge in [0.05, 0.1) is 13.2 Å². The predicted molar refractivity (Wildman–Crippen MR) is 159 cm³/mol. The molecule has 0 unspecified atom stereocenters. The summed E-state index contributed by atoms with van der Waals surface area (Å²) in [6.07, 6.45) is 2.04. The molecule has 9 nitrogen and oxygen atoms in total. The molecule has 0 fully saturated rings. The lowest BCUT2D eigenvalue weighted by Crippen LogP contribution is -2.30. The number of ketones is 1. The molecule has 0 radical (unpaired) electrons. The van der Waals surface area contributed by atoms with Crippen LogP contribution in [0.15, 0.2) is 95.4 Å². The van der Waals surface area contributed by atoms with Gasteiger partial charge in [0.1, 0.15) is 11.6 Å². The molecule has 0 saturated carbocycles. The van der Waals surface area contributed by atoms with E-state index in [1.807, 2.05) is 66.7 Å². The average Bonchev–Trinajstić information content (AvgIpc) is 3.53. The number of unbranched alkanes of at least 4 members (excludes halogenated alkanes) is 2. The molecule has 44 heavy (non-hydrogen) atoms. The molecule has 1 aliphatic heterocycles. The van der Waals surface area contributed by atoms with Gasteiger partial charge in [0.2, 0.25) is 17.6 Å². The van der Waals surface area contributed by atoms with Gasteiger partial charge in [-0.1, -0.05) is 36.4 Å². The lowest BCUT2D eigenvalue weighted by molar-refractivity contribution is -0.138. The average molecular weight is 594 g/mol. The van der Waals surface area contributed by atoms with Gasteiger partial charge in [0.15, 0.2) is 23.0 Å². The SMILES string of the molecule is O=C(CCCCCOc1cccc(F)c1)C(=O)NCc1nnc(-c2ccc(-c3ccc4c(c3)Oc3ccccc3O4)cc2)o1. The second-order valence-corrected chi connectivity index (χ2v) is 10.1. The van der Waals surface area contributed by atoms with E-state index in [1.54, 1.807) is 12.1 Å². The lowest BCUT2D eigenvalue weighted by atomic mass is 10.0. The van der Waals surface area contributed by atoms with Crippen LogP contribution in [0.5, 0.6) is 28.7 Å². The molecule has 0 spiro atoms. The Hall–Kier alpha value is -5.51. The molecule has 222 valence electrons. The van der Waals surface area contributed by atoms with Crippen molar-refractivity contribution in [3.63, 3.8) is 0 Å². The number of carbonyl (C=O) groups excluding carboxylic acids is 2. The van der Waals surface area contributed by atoms with E-state index < -0.39 is 11.7 Å². The summed E-state index contributed by atoms with van der Waals surface area (Å²) in [5.41, 5.74) is 2.63. The zero-order valence-electron chi connectivity index (χ0n) is 23.6. The second kappa shape index (κ2) is 13.2. The summed E-state index contributed by atoms with van der Waals surface area (Å²) in [4.78, 5) is 24.4. The number of rotatable bonds is 12. The van der Waals surface area contributed by atoms with E-state index in [1.165, 1.54) is 12.1 Å². The summed E-state index contributed by atoms with van der Waals surface area (Å²) in [7, 11) is 0. The summed E-state index contributed by atoms with van der Waals surface area (Å²) < 4.78 is 36.3.